The maximum Gasteiger partial charge on any atom is 0.287 e. The zero-order chi connectivity index (χ0) is 28.6. The minimum atomic E-state index is -4.29. The van der Waals surface area contributed by atoms with Gasteiger partial charge in [0.2, 0.25) is 0 Å². The number of carbonyl (C=O) groups is 1. The van der Waals surface area contributed by atoms with Gasteiger partial charge in [0.1, 0.15) is 36.9 Å². The lowest BCUT2D eigenvalue weighted by Crippen LogP contribution is -2.60. The number of hydrogen-bond donors (Lipinski definition) is 2. The molecule has 3 aliphatic carbocycles. The van der Waals surface area contributed by atoms with Crippen LogP contribution in [0.15, 0.2) is 44.2 Å². The van der Waals surface area contributed by atoms with E-state index in [4.69, 9.17) is 0 Å². The number of aryl methyl sites for hydroxylation is 2. The van der Waals surface area contributed by atoms with Gasteiger partial charge in [-0.1, -0.05) is 12.1 Å². The van der Waals surface area contributed by atoms with E-state index >= 15 is 0 Å². The summed E-state index contributed by atoms with van der Waals surface area (Å²) in [7, 11) is -7.60. The summed E-state index contributed by atoms with van der Waals surface area (Å²) in [6, 6.07) is 4.47. The van der Waals surface area contributed by atoms with Crippen LogP contribution < -0.4 is 5.32 Å². The molecule has 0 radical (unpaired) electrons. The van der Waals surface area contributed by atoms with Crippen LogP contribution in [0.1, 0.15) is 42.4 Å². The van der Waals surface area contributed by atoms with Crippen molar-refractivity contribution in [2.45, 2.75) is 56.5 Å². The van der Waals surface area contributed by atoms with Crippen LogP contribution in [-0.2, 0) is 37.6 Å². The Labute approximate surface area is 236 Å². The first-order valence-electron chi connectivity index (χ1n) is 13.2. The molecule has 0 spiro atoms. The molecule has 3 heterocycles. The predicted octanol–water partition coefficient (Wildman–Crippen LogP) is 3.95. The fourth-order valence-corrected chi connectivity index (χ4v) is 10.1. The normalized spacial score (nSPS) is 27.2. The fourth-order valence-electron chi connectivity index (χ4n) is 6.83. The maximum absolute atomic E-state index is 14.1. The Hall–Kier alpha value is -2.77. The van der Waals surface area contributed by atoms with E-state index in [0.29, 0.717) is 11.1 Å². The van der Waals surface area contributed by atoms with Crippen LogP contribution in [0.4, 0.5) is 9.39 Å². The average molecular weight is 608 g/mol. The molecule has 1 amide bonds. The highest BCUT2D eigenvalue weighted by molar-refractivity contribution is 7.91. The number of halogens is 1. The molecule has 40 heavy (non-hydrogen) atoms. The molecule has 5 aliphatic rings. The second-order valence-corrected chi connectivity index (χ2v) is 16.0. The second-order valence-electron chi connectivity index (χ2n) is 11.3. The molecule has 0 saturated heterocycles. The molecule has 2 N–H and O–H groups in total. The monoisotopic (exact) mass is 607 g/mol. The van der Waals surface area contributed by atoms with Crippen LogP contribution in [0.3, 0.4) is 0 Å². The Morgan fingerprint density at radius 3 is 2.58 bits per heavy atom. The Balaban J connectivity index is 1.41. The summed E-state index contributed by atoms with van der Waals surface area (Å²) >= 11 is 1.09. The van der Waals surface area contributed by atoms with Crippen molar-refractivity contribution in [3.63, 3.8) is 0 Å². The van der Waals surface area contributed by atoms with E-state index in [1.54, 1.807) is 29.3 Å². The number of nitrogens with zero attached hydrogens (tertiary/aromatic N) is 2. The molecule has 3 fully saturated rings. The third-order valence-electron chi connectivity index (χ3n) is 8.65. The van der Waals surface area contributed by atoms with Gasteiger partial charge in [-0.05, 0) is 79.0 Å². The van der Waals surface area contributed by atoms with Gasteiger partial charge in [-0.2, -0.15) is 8.42 Å². The van der Waals surface area contributed by atoms with E-state index in [-0.39, 0.29) is 75.4 Å². The van der Waals surface area contributed by atoms with Crippen LogP contribution in [-0.4, -0.2) is 56.6 Å². The quantitative estimate of drug-likeness (QED) is 0.508. The molecule has 2 aliphatic heterocycles. The van der Waals surface area contributed by atoms with Crippen LogP contribution in [0.25, 0.3) is 0 Å². The fraction of sp³-hybridized carbons (Fsp3) is 0.481. The van der Waals surface area contributed by atoms with Gasteiger partial charge in [-0.3, -0.25) is 4.79 Å². The number of nitrogens with one attached hydrogen (secondary N) is 1. The van der Waals surface area contributed by atoms with Crippen molar-refractivity contribution < 1.29 is 31.1 Å². The number of hydrogen-bond acceptors (Lipinski definition) is 8. The highest BCUT2D eigenvalue weighted by atomic mass is 32.2. The van der Waals surface area contributed by atoms with Gasteiger partial charge in [0.25, 0.3) is 15.9 Å². The number of sulfonamides is 1. The molecule has 2 bridgehead atoms. The number of sulfone groups is 1. The molecule has 9 nitrogen and oxygen atoms in total. The summed E-state index contributed by atoms with van der Waals surface area (Å²) in [6.45, 7) is 1.86. The van der Waals surface area contributed by atoms with E-state index in [9.17, 15) is 31.1 Å². The topological polar surface area (TPSA) is 133 Å². The largest absolute Gasteiger partial charge is 0.511 e. The standard InChI is InChI=1S/C27H30FN3O6S3/c1-14-11-15(3-8-19(14)28)12-31-22-17-6-4-16(5-7-17)20(22)23(32)21(27(31)33)25-29-26-24(40(36,37)30-25)18(13-38-26)9-10-39(2,34)35/h3,8,11,13,16-17,20,22,32H,4-7,9-10,12H2,1-2H3,(H,29,30). The SMILES string of the molecule is Cc1cc(CN2C(=O)C(C3=NS(=O)(=O)c4c(CCS(C)(=O)=O)csc4N3)=C(O)C3C4CCC(CC4)C32)ccc1F. The lowest BCUT2D eigenvalue weighted by Gasteiger charge is -2.54. The molecule has 2 atom stereocenters. The Kier molecular flexibility index (Phi) is 6.62. The highest BCUT2D eigenvalue weighted by Gasteiger charge is 2.54. The second kappa shape index (κ2) is 9.66. The summed E-state index contributed by atoms with van der Waals surface area (Å²) in [5.41, 5.74) is 1.39. The summed E-state index contributed by atoms with van der Waals surface area (Å²) in [5, 5.41) is 16.3. The van der Waals surface area contributed by atoms with Gasteiger partial charge in [0.15, 0.2) is 5.84 Å². The minimum absolute atomic E-state index is 0.0149. The van der Waals surface area contributed by atoms with Crippen LogP contribution in [0, 0.1) is 30.5 Å². The van der Waals surface area contributed by atoms with Crippen LogP contribution in [0.5, 0.6) is 0 Å². The van der Waals surface area contributed by atoms with Crippen molar-refractivity contribution in [1.82, 2.24) is 4.90 Å². The number of amidine groups is 1. The first-order chi connectivity index (χ1) is 18.8. The van der Waals surface area contributed by atoms with Crippen molar-refractivity contribution in [2.24, 2.45) is 22.2 Å². The van der Waals surface area contributed by atoms with Crippen molar-refractivity contribution in [1.29, 1.82) is 0 Å². The third kappa shape index (κ3) is 4.65. The number of aliphatic hydroxyl groups is 1. The van der Waals surface area contributed by atoms with E-state index in [0.717, 1.165) is 48.8 Å². The average Bonchev–Trinajstić information content (AvgIpc) is 3.31. The van der Waals surface area contributed by atoms with E-state index in [2.05, 4.69) is 9.71 Å². The number of rotatable bonds is 6. The van der Waals surface area contributed by atoms with Crippen molar-refractivity contribution in [3.05, 3.63) is 57.4 Å². The van der Waals surface area contributed by atoms with Gasteiger partial charge in [0, 0.05) is 24.8 Å². The smallest absolute Gasteiger partial charge is 0.287 e. The zero-order valence-corrected chi connectivity index (χ0v) is 24.5. The summed E-state index contributed by atoms with van der Waals surface area (Å²) < 4.78 is 68.0. The third-order valence-corrected chi connectivity index (χ3v) is 12.1. The van der Waals surface area contributed by atoms with Crippen molar-refractivity contribution in [3.8, 4) is 0 Å². The first-order valence-corrected chi connectivity index (χ1v) is 17.6. The summed E-state index contributed by atoms with van der Waals surface area (Å²) in [4.78, 5) is 15.7. The number of fused-ring (bicyclic) bond motifs is 3. The number of anilines is 1. The van der Waals surface area contributed by atoms with Gasteiger partial charge in [0.05, 0.1) is 5.75 Å². The molecule has 1 aromatic heterocycles. The molecule has 2 unspecified atom stereocenters. The Morgan fingerprint density at radius 2 is 1.90 bits per heavy atom. The molecule has 214 valence electrons. The summed E-state index contributed by atoms with van der Waals surface area (Å²) in [5.74, 6) is -1.42. The van der Waals surface area contributed by atoms with Crippen molar-refractivity contribution in [2.75, 3.05) is 17.3 Å². The number of amides is 1. The van der Waals surface area contributed by atoms with Crippen molar-refractivity contribution >= 4 is 47.9 Å². The predicted molar refractivity (Wildman–Crippen MR) is 150 cm³/mol. The van der Waals surface area contributed by atoms with Gasteiger partial charge < -0.3 is 15.3 Å². The van der Waals surface area contributed by atoms with E-state index in [1.807, 2.05) is 0 Å². The summed E-state index contributed by atoms with van der Waals surface area (Å²) in [6.07, 6.45) is 4.83. The number of thiophene rings is 1. The number of carbonyl (C=O) groups excluding carboxylic acids is 1. The lowest BCUT2D eigenvalue weighted by molar-refractivity contribution is -0.140. The molecular weight excluding hydrogens is 578 g/mol. The molecule has 13 heteroatoms. The molecular formula is C27H30FN3O6S3. The molecule has 3 saturated carbocycles. The number of aliphatic hydroxyl groups excluding tert-OH is 1. The Morgan fingerprint density at radius 1 is 1.20 bits per heavy atom. The van der Waals surface area contributed by atoms with Gasteiger partial charge in [-0.15, -0.1) is 15.7 Å². The maximum atomic E-state index is 14.1. The molecule has 2 aromatic rings. The number of benzene rings is 1. The lowest BCUT2D eigenvalue weighted by atomic mass is 9.59. The zero-order valence-electron chi connectivity index (χ0n) is 22.1. The molecule has 7 rings (SSSR count). The van der Waals surface area contributed by atoms with E-state index < -0.39 is 25.8 Å². The highest BCUT2D eigenvalue weighted by Crippen LogP contribution is 2.52. The van der Waals surface area contributed by atoms with Crippen LogP contribution >= 0.6 is 11.3 Å². The van der Waals surface area contributed by atoms with Crippen LogP contribution in [0.2, 0.25) is 0 Å². The van der Waals surface area contributed by atoms with Gasteiger partial charge >= 0.3 is 0 Å². The van der Waals surface area contributed by atoms with Gasteiger partial charge in [-0.25, -0.2) is 12.8 Å². The first kappa shape index (κ1) is 27.4. The van der Waals surface area contributed by atoms with E-state index in [1.165, 1.54) is 6.07 Å². The Bertz CT molecular complexity index is 1690. The molecule has 1 aromatic carbocycles. The minimum Gasteiger partial charge on any atom is -0.511 e.